The summed E-state index contributed by atoms with van der Waals surface area (Å²) < 4.78 is 4.83. The van der Waals surface area contributed by atoms with Crippen molar-refractivity contribution in [3.05, 3.63) is 41.4 Å². The van der Waals surface area contributed by atoms with Crippen molar-refractivity contribution in [1.29, 1.82) is 0 Å². The normalized spacial score (nSPS) is 9.81. The van der Waals surface area contributed by atoms with Crippen LogP contribution in [0.15, 0.2) is 30.8 Å². The zero-order valence-electron chi connectivity index (χ0n) is 11.6. The van der Waals surface area contributed by atoms with E-state index in [0.29, 0.717) is 10.7 Å². The minimum absolute atomic E-state index is 0.0971. The average molecular weight is 313 g/mol. The predicted molar refractivity (Wildman–Crippen MR) is 79.2 cm³/mol. The summed E-state index contributed by atoms with van der Waals surface area (Å²) in [6.07, 6.45) is 0. The molecule has 114 valence electrons. The summed E-state index contributed by atoms with van der Waals surface area (Å²) >= 11 is 5.77. The summed E-state index contributed by atoms with van der Waals surface area (Å²) in [5.41, 5.74) is 3.84. The summed E-state index contributed by atoms with van der Waals surface area (Å²) in [6.45, 7) is 5.25. The standard InChI is InChI=1S/C14H17ClN2O4/c1-10(12-3-5-13(15)6-4-12)17-21-9-14(19)20-8-7-16-11(2)18/h3-6,17H,1,7-9H2,2H3,(H,16,18). The van der Waals surface area contributed by atoms with Gasteiger partial charge in [-0.2, -0.15) is 0 Å². The van der Waals surface area contributed by atoms with Crippen molar-refractivity contribution in [2.45, 2.75) is 6.92 Å². The van der Waals surface area contributed by atoms with Gasteiger partial charge in [-0.15, -0.1) is 0 Å². The van der Waals surface area contributed by atoms with Gasteiger partial charge in [-0.3, -0.25) is 15.1 Å². The molecule has 0 heterocycles. The van der Waals surface area contributed by atoms with E-state index in [1.807, 2.05) is 0 Å². The Labute approximate surface area is 128 Å². The summed E-state index contributed by atoms with van der Waals surface area (Å²) in [7, 11) is 0. The zero-order valence-corrected chi connectivity index (χ0v) is 12.4. The number of nitrogens with one attached hydrogen (secondary N) is 2. The van der Waals surface area contributed by atoms with Gasteiger partial charge >= 0.3 is 5.97 Å². The number of rotatable bonds is 8. The monoisotopic (exact) mass is 312 g/mol. The van der Waals surface area contributed by atoms with Crippen LogP contribution in [-0.4, -0.2) is 31.6 Å². The molecule has 0 aliphatic heterocycles. The summed E-state index contributed by atoms with van der Waals surface area (Å²) in [6, 6.07) is 6.99. The summed E-state index contributed by atoms with van der Waals surface area (Å²) in [5.74, 6) is -0.722. The molecule has 2 N–H and O–H groups in total. The van der Waals surface area contributed by atoms with Crippen LogP contribution in [0.1, 0.15) is 12.5 Å². The molecule has 1 amide bonds. The lowest BCUT2D eigenvalue weighted by atomic mass is 10.2. The van der Waals surface area contributed by atoms with Crippen molar-refractivity contribution >= 4 is 29.2 Å². The Kier molecular flexibility index (Phi) is 7.28. The van der Waals surface area contributed by atoms with Crippen LogP contribution >= 0.6 is 11.6 Å². The molecule has 1 aromatic carbocycles. The number of benzene rings is 1. The van der Waals surface area contributed by atoms with Gasteiger partial charge in [0.15, 0.2) is 6.61 Å². The molecular weight excluding hydrogens is 296 g/mol. The first-order valence-electron chi connectivity index (χ1n) is 6.21. The lowest BCUT2D eigenvalue weighted by Gasteiger charge is -2.10. The van der Waals surface area contributed by atoms with Crippen LogP contribution in [-0.2, 0) is 19.2 Å². The van der Waals surface area contributed by atoms with E-state index >= 15 is 0 Å². The maximum Gasteiger partial charge on any atom is 0.334 e. The highest BCUT2D eigenvalue weighted by Crippen LogP contribution is 2.14. The van der Waals surface area contributed by atoms with Crippen molar-refractivity contribution in [2.75, 3.05) is 19.8 Å². The van der Waals surface area contributed by atoms with E-state index in [-0.39, 0.29) is 25.7 Å². The van der Waals surface area contributed by atoms with E-state index in [0.717, 1.165) is 5.56 Å². The third kappa shape index (κ3) is 7.34. The van der Waals surface area contributed by atoms with E-state index in [1.54, 1.807) is 24.3 Å². The molecule has 0 saturated carbocycles. The second kappa shape index (κ2) is 8.99. The topological polar surface area (TPSA) is 76.7 Å². The second-order valence-corrected chi connectivity index (χ2v) is 4.52. The fourth-order valence-corrected chi connectivity index (χ4v) is 1.45. The van der Waals surface area contributed by atoms with Crippen LogP contribution in [0.25, 0.3) is 5.70 Å². The van der Waals surface area contributed by atoms with Gasteiger partial charge in [-0.05, 0) is 17.7 Å². The molecule has 0 spiro atoms. The molecule has 0 radical (unpaired) electrons. The molecular formula is C14H17ClN2O4. The van der Waals surface area contributed by atoms with Crippen molar-refractivity contribution in [1.82, 2.24) is 10.8 Å². The number of ether oxygens (including phenoxy) is 1. The van der Waals surface area contributed by atoms with Gasteiger partial charge in [0.1, 0.15) is 6.61 Å². The molecule has 0 aromatic heterocycles. The van der Waals surface area contributed by atoms with E-state index in [9.17, 15) is 9.59 Å². The molecule has 21 heavy (non-hydrogen) atoms. The quantitative estimate of drug-likeness (QED) is 0.432. The van der Waals surface area contributed by atoms with Gasteiger partial charge in [-0.1, -0.05) is 30.3 Å². The van der Waals surface area contributed by atoms with Gasteiger partial charge in [-0.25, -0.2) is 4.79 Å². The molecule has 0 atom stereocenters. The van der Waals surface area contributed by atoms with Gasteiger partial charge in [0, 0.05) is 11.9 Å². The lowest BCUT2D eigenvalue weighted by Crippen LogP contribution is -2.27. The van der Waals surface area contributed by atoms with Crippen LogP contribution < -0.4 is 10.8 Å². The van der Waals surface area contributed by atoms with Crippen LogP contribution in [0.2, 0.25) is 5.02 Å². The fraction of sp³-hybridized carbons (Fsp3) is 0.286. The Bertz CT molecular complexity index is 502. The Morgan fingerprint density at radius 3 is 2.57 bits per heavy atom. The first-order chi connectivity index (χ1) is 9.99. The molecule has 0 aliphatic carbocycles. The van der Waals surface area contributed by atoms with Crippen LogP contribution in [0.3, 0.4) is 0 Å². The molecule has 0 bridgehead atoms. The van der Waals surface area contributed by atoms with E-state index in [4.69, 9.17) is 21.2 Å². The predicted octanol–water partition coefficient (Wildman–Crippen LogP) is 1.51. The molecule has 0 saturated heterocycles. The third-order valence-corrected chi connectivity index (χ3v) is 2.57. The van der Waals surface area contributed by atoms with E-state index in [1.165, 1.54) is 6.92 Å². The summed E-state index contributed by atoms with van der Waals surface area (Å²) in [4.78, 5) is 26.9. The number of hydrogen-bond donors (Lipinski definition) is 2. The molecule has 0 fully saturated rings. The lowest BCUT2D eigenvalue weighted by molar-refractivity contribution is -0.150. The molecule has 6 nitrogen and oxygen atoms in total. The number of carbonyl (C=O) groups excluding carboxylic acids is 2. The fourth-order valence-electron chi connectivity index (χ4n) is 1.33. The average Bonchev–Trinajstić information content (AvgIpc) is 2.44. The zero-order chi connectivity index (χ0) is 15.7. The Hall–Kier alpha value is -2.05. The molecule has 0 aliphatic rings. The van der Waals surface area contributed by atoms with E-state index in [2.05, 4.69) is 17.4 Å². The van der Waals surface area contributed by atoms with Crippen molar-refractivity contribution in [3.63, 3.8) is 0 Å². The number of amides is 1. The van der Waals surface area contributed by atoms with Crippen molar-refractivity contribution in [3.8, 4) is 0 Å². The Morgan fingerprint density at radius 1 is 1.29 bits per heavy atom. The largest absolute Gasteiger partial charge is 0.462 e. The highest BCUT2D eigenvalue weighted by molar-refractivity contribution is 6.30. The van der Waals surface area contributed by atoms with Gasteiger partial charge in [0.2, 0.25) is 5.91 Å². The third-order valence-electron chi connectivity index (χ3n) is 2.32. The summed E-state index contributed by atoms with van der Waals surface area (Å²) in [5, 5.41) is 3.12. The molecule has 7 heteroatoms. The van der Waals surface area contributed by atoms with Crippen LogP contribution in [0.4, 0.5) is 0 Å². The minimum atomic E-state index is -0.545. The van der Waals surface area contributed by atoms with Crippen molar-refractivity contribution < 1.29 is 19.2 Å². The first kappa shape index (κ1) is 17.0. The Balaban J connectivity index is 2.17. The second-order valence-electron chi connectivity index (χ2n) is 4.08. The van der Waals surface area contributed by atoms with E-state index < -0.39 is 5.97 Å². The minimum Gasteiger partial charge on any atom is -0.462 e. The molecule has 1 rings (SSSR count). The molecule has 1 aromatic rings. The molecule has 0 unspecified atom stereocenters. The number of halogens is 1. The van der Waals surface area contributed by atoms with Gasteiger partial charge in [0.25, 0.3) is 0 Å². The van der Waals surface area contributed by atoms with Gasteiger partial charge in [0.05, 0.1) is 12.2 Å². The maximum atomic E-state index is 11.3. The number of hydroxylamine groups is 1. The van der Waals surface area contributed by atoms with Gasteiger partial charge < -0.3 is 10.1 Å². The first-order valence-corrected chi connectivity index (χ1v) is 6.59. The highest BCUT2D eigenvalue weighted by Gasteiger charge is 2.04. The number of carbonyl (C=O) groups is 2. The smallest absolute Gasteiger partial charge is 0.334 e. The number of esters is 1. The highest BCUT2D eigenvalue weighted by atomic mass is 35.5. The van der Waals surface area contributed by atoms with Crippen LogP contribution in [0, 0.1) is 0 Å². The Morgan fingerprint density at radius 2 is 1.95 bits per heavy atom. The van der Waals surface area contributed by atoms with Crippen LogP contribution in [0.5, 0.6) is 0 Å². The van der Waals surface area contributed by atoms with Crippen molar-refractivity contribution in [2.24, 2.45) is 0 Å². The SMILES string of the molecule is C=C(NOCC(=O)OCCNC(C)=O)c1ccc(Cl)cc1. The maximum absolute atomic E-state index is 11.3. The number of hydrogen-bond acceptors (Lipinski definition) is 5.